The minimum absolute atomic E-state index is 0.0406. The van der Waals surface area contributed by atoms with Crippen LogP contribution in [0, 0.1) is 12.7 Å². The summed E-state index contributed by atoms with van der Waals surface area (Å²) in [4.78, 5) is 20.5. The maximum Gasteiger partial charge on any atom is 0.242 e. The van der Waals surface area contributed by atoms with E-state index in [0.717, 1.165) is 23.6 Å². The zero-order valence-corrected chi connectivity index (χ0v) is 12.5. The molecule has 1 aliphatic rings. The van der Waals surface area contributed by atoms with Crippen LogP contribution in [-0.4, -0.2) is 35.4 Å². The number of amides is 1. The molecule has 0 spiro atoms. The first-order valence-electron chi connectivity index (χ1n) is 7.32. The lowest BCUT2D eigenvalue weighted by molar-refractivity contribution is -0.131. The molecule has 1 aromatic heterocycles. The minimum atomic E-state index is -0.271. The van der Waals surface area contributed by atoms with E-state index in [9.17, 15) is 9.18 Å². The maximum atomic E-state index is 13.2. The van der Waals surface area contributed by atoms with E-state index in [1.54, 1.807) is 11.0 Å². The third-order valence-electron chi connectivity index (χ3n) is 3.78. The van der Waals surface area contributed by atoms with Crippen molar-refractivity contribution in [1.29, 1.82) is 0 Å². The van der Waals surface area contributed by atoms with Gasteiger partial charge in [0.15, 0.2) is 0 Å². The van der Waals surface area contributed by atoms with Gasteiger partial charge in [-0.1, -0.05) is 18.2 Å². The Morgan fingerprint density at radius 3 is 2.73 bits per heavy atom. The van der Waals surface area contributed by atoms with Crippen LogP contribution in [0.2, 0.25) is 0 Å². The summed E-state index contributed by atoms with van der Waals surface area (Å²) >= 11 is 0. The molecule has 2 heterocycles. The Kier molecular flexibility index (Phi) is 4.04. The van der Waals surface area contributed by atoms with Crippen LogP contribution in [-0.2, 0) is 11.3 Å². The van der Waals surface area contributed by atoms with Gasteiger partial charge in [0.05, 0.1) is 6.54 Å². The number of hydrogen-bond donors (Lipinski definition) is 0. The Labute approximate surface area is 129 Å². The quantitative estimate of drug-likeness (QED) is 0.873. The molecule has 1 aliphatic heterocycles. The van der Waals surface area contributed by atoms with E-state index < -0.39 is 0 Å². The zero-order chi connectivity index (χ0) is 15.5. The van der Waals surface area contributed by atoms with Gasteiger partial charge < -0.3 is 9.80 Å². The first-order chi connectivity index (χ1) is 10.6. The number of carbonyl (C=O) groups excluding carboxylic acids is 1. The lowest BCUT2D eigenvalue weighted by atomic mass is 10.2. The summed E-state index contributed by atoms with van der Waals surface area (Å²) in [7, 11) is 0. The van der Waals surface area contributed by atoms with Gasteiger partial charge in [-0.2, -0.15) is 0 Å². The molecular weight excluding hydrogens is 281 g/mol. The van der Waals surface area contributed by atoms with E-state index in [0.29, 0.717) is 19.6 Å². The second-order valence-electron chi connectivity index (χ2n) is 5.50. The van der Waals surface area contributed by atoms with Crippen molar-refractivity contribution in [2.45, 2.75) is 13.5 Å². The monoisotopic (exact) mass is 299 g/mol. The van der Waals surface area contributed by atoms with Crippen LogP contribution in [0.5, 0.6) is 0 Å². The first-order valence-corrected chi connectivity index (χ1v) is 7.32. The predicted octanol–water partition coefficient (Wildman–Crippen LogP) is 2.38. The second-order valence-corrected chi connectivity index (χ2v) is 5.50. The molecule has 22 heavy (non-hydrogen) atoms. The van der Waals surface area contributed by atoms with Crippen LogP contribution in [0.15, 0.2) is 42.5 Å². The number of pyridine rings is 1. The molecule has 1 aromatic carbocycles. The van der Waals surface area contributed by atoms with Gasteiger partial charge in [0, 0.05) is 25.3 Å². The van der Waals surface area contributed by atoms with E-state index >= 15 is 0 Å². The number of rotatable bonds is 3. The lowest BCUT2D eigenvalue weighted by Crippen LogP contribution is -2.50. The Morgan fingerprint density at radius 2 is 2.00 bits per heavy atom. The van der Waals surface area contributed by atoms with Crippen molar-refractivity contribution in [3.63, 3.8) is 0 Å². The number of aromatic nitrogens is 1. The van der Waals surface area contributed by atoms with Crippen molar-refractivity contribution in [3.8, 4) is 0 Å². The molecule has 5 heteroatoms. The molecule has 3 rings (SSSR count). The molecule has 1 amide bonds. The zero-order valence-electron chi connectivity index (χ0n) is 12.5. The fourth-order valence-corrected chi connectivity index (χ4v) is 2.63. The van der Waals surface area contributed by atoms with Crippen molar-refractivity contribution >= 4 is 11.7 Å². The number of anilines is 1. The SMILES string of the molecule is Cc1cccc(N2CCN(Cc3cccc(F)c3)C(=O)C2)n1. The number of aryl methyl sites for hydroxylation is 1. The van der Waals surface area contributed by atoms with Gasteiger partial charge in [-0.3, -0.25) is 4.79 Å². The van der Waals surface area contributed by atoms with Gasteiger partial charge >= 0.3 is 0 Å². The normalized spacial score (nSPS) is 15.3. The lowest BCUT2D eigenvalue weighted by Gasteiger charge is -2.35. The van der Waals surface area contributed by atoms with Crippen molar-refractivity contribution in [1.82, 2.24) is 9.88 Å². The number of halogens is 1. The fraction of sp³-hybridized carbons (Fsp3) is 0.294. The number of benzene rings is 1. The first kappa shape index (κ1) is 14.5. The van der Waals surface area contributed by atoms with Crippen LogP contribution >= 0.6 is 0 Å². The van der Waals surface area contributed by atoms with E-state index in [1.165, 1.54) is 12.1 Å². The number of piperazine rings is 1. The summed E-state index contributed by atoms with van der Waals surface area (Å²) in [5, 5.41) is 0. The van der Waals surface area contributed by atoms with Crippen molar-refractivity contribution in [2.24, 2.45) is 0 Å². The van der Waals surface area contributed by atoms with Gasteiger partial charge in [0.1, 0.15) is 11.6 Å². The maximum absolute atomic E-state index is 13.2. The number of hydrogen-bond acceptors (Lipinski definition) is 3. The smallest absolute Gasteiger partial charge is 0.242 e. The third-order valence-corrected chi connectivity index (χ3v) is 3.78. The van der Waals surface area contributed by atoms with Gasteiger partial charge in [-0.25, -0.2) is 9.37 Å². The highest BCUT2D eigenvalue weighted by Gasteiger charge is 2.24. The van der Waals surface area contributed by atoms with E-state index in [-0.39, 0.29) is 11.7 Å². The highest BCUT2D eigenvalue weighted by atomic mass is 19.1. The molecule has 1 saturated heterocycles. The molecule has 114 valence electrons. The standard InChI is InChI=1S/C17H18FN3O/c1-13-4-2-7-16(19-13)20-8-9-21(17(22)12-20)11-14-5-3-6-15(18)10-14/h2-7,10H,8-9,11-12H2,1H3. The largest absolute Gasteiger partial charge is 0.346 e. The molecule has 0 unspecified atom stereocenters. The molecule has 2 aromatic rings. The molecule has 0 N–H and O–H groups in total. The third kappa shape index (κ3) is 3.24. The molecule has 0 bridgehead atoms. The minimum Gasteiger partial charge on any atom is -0.346 e. The van der Waals surface area contributed by atoms with Crippen LogP contribution in [0.4, 0.5) is 10.2 Å². The van der Waals surface area contributed by atoms with Crippen LogP contribution in [0.3, 0.4) is 0 Å². The van der Waals surface area contributed by atoms with Crippen molar-refractivity contribution < 1.29 is 9.18 Å². The molecule has 0 atom stereocenters. The van der Waals surface area contributed by atoms with Crippen molar-refractivity contribution in [3.05, 3.63) is 59.5 Å². The Hall–Kier alpha value is -2.43. The van der Waals surface area contributed by atoms with Crippen molar-refractivity contribution in [2.75, 3.05) is 24.5 Å². The van der Waals surface area contributed by atoms with E-state index in [2.05, 4.69) is 4.98 Å². The van der Waals surface area contributed by atoms with Crippen LogP contribution < -0.4 is 4.90 Å². The highest BCUT2D eigenvalue weighted by Crippen LogP contribution is 2.16. The van der Waals surface area contributed by atoms with Crippen LogP contribution in [0.25, 0.3) is 0 Å². The highest BCUT2D eigenvalue weighted by molar-refractivity contribution is 5.82. The van der Waals surface area contributed by atoms with Gasteiger partial charge in [0.25, 0.3) is 0 Å². The Morgan fingerprint density at radius 1 is 1.18 bits per heavy atom. The number of carbonyl (C=O) groups is 1. The van der Waals surface area contributed by atoms with E-state index in [1.807, 2.05) is 36.1 Å². The summed E-state index contributed by atoms with van der Waals surface area (Å²) in [6, 6.07) is 12.2. The molecule has 1 fully saturated rings. The molecule has 0 aliphatic carbocycles. The number of nitrogens with zero attached hydrogens (tertiary/aromatic N) is 3. The predicted molar refractivity (Wildman–Crippen MR) is 83.0 cm³/mol. The average Bonchev–Trinajstić information content (AvgIpc) is 2.49. The van der Waals surface area contributed by atoms with Gasteiger partial charge in [-0.15, -0.1) is 0 Å². The summed E-state index contributed by atoms with van der Waals surface area (Å²) in [5.74, 6) is 0.602. The Bertz CT molecular complexity index is 689. The summed E-state index contributed by atoms with van der Waals surface area (Å²) in [6.07, 6.45) is 0. The average molecular weight is 299 g/mol. The van der Waals surface area contributed by atoms with Crippen LogP contribution in [0.1, 0.15) is 11.3 Å². The van der Waals surface area contributed by atoms with Gasteiger partial charge in [-0.05, 0) is 36.8 Å². The second kappa shape index (κ2) is 6.13. The molecular formula is C17H18FN3O. The molecule has 4 nitrogen and oxygen atoms in total. The fourth-order valence-electron chi connectivity index (χ4n) is 2.63. The van der Waals surface area contributed by atoms with E-state index in [4.69, 9.17) is 0 Å². The van der Waals surface area contributed by atoms with Gasteiger partial charge in [0.2, 0.25) is 5.91 Å². The summed E-state index contributed by atoms with van der Waals surface area (Å²) < 4.78 is 13.2. The summed E-state index contributed by atoms with van der Waals surface area (Å²) in [6.45, 7) is 4.05. The molecule has 0 radical (unpaired) electrons. The summed E-state index contributed by atoms with van der Waals surface area (Å²) in [5.41, 5.74) is 1.75. The topological polar surface area (TPSA) is 36.4 Å². The Balaban J connectivity index is 1.66. The molecule has 0 saturated carbocycles.